The van der Waals surface area contributed by atoms with Crippen LogP contribution in [0.15, 0.2) is 53.6 Å². The van der Waals surface area contributed by atoms with Gasteiger partial charge < -0.3 is 0 Å². The van der Waals surface area contributed by atoms with Crippen molar-refractivity contribution in [2.45, 2.75) is 0 Å². The third kappa shape index (κ3) is 0.554. The molecule has 6 heteroatoms. The summed E-state index contributed by atoms with van der Waals surface area (Å²) in [5.74, 6) is 0.685. The normalized spacial score (nSPS) is 30.5. The Hall–Kier alpha value is -1.72. The third-order valence-corrected chi connectivity index (χ3v) is 1.57. The molecule has 0 aliphatic carbocycles. The fraction of sp³-hybridized carbons (Fsp3) is 0.200. The third-order valence-electron chi connectivity index (χ3n) is 1.57. The second-order valence-electron chi connectivity index (χ2n) is 2.27. The summed E-state index contributed by atoms with van der Waals surface area (Å²) in [6.07, 6.45) is 0. The van der Waals surface area contributed by atoms with Crippen molar-refractivity contribution < 1.29 is 0 Å². The minimum absolute atomic E-state index is 0.644. The van der Waals surface area contributed by atoms with Gasteiger partial charge in [0.2, 0.25) is 5.82 Å². The van der Waals surface area contributed by atoms with Gasteiger partial charge in [0.05, 0.1) is 0 Å². The monoisotopic (exact) mass is 146 g/mol. The van der Waals surface area contributed by atoms with Crippen molar-refractivity contribution >= 4 is 0 Å². The smallest absolute Gasteiger partial charge is 0.182 e. The predicted octanol–water partition coefficient (Wildman–Crippen LogP) is 1.76. The highest BCUT2D eigenvalue weighted by Crippen LogP contribution is 2.37. The number of hydrogen-bond acceptors (Lipinski definition) is 6. The maximum absolute atomic E-state index is 3.81. The van der Waals surface area contributed by atoms with Gasteiger partial charge in [0, 0.05) is 0 Å². The van der Waals surface area contributed by atoms with E-state index in [9.17, 15) is 0 Å². The highest BCUT2D eigenvalue weighted by molar-refractivity contribution is 5.43. The molecular formula is C5H2N6. The second kappa shape index (κ2) is 1.47. The molecule has 52 valence electrons. The number of nitrogens with zero attached hydrogens (tertiary/aromatic N) is 6. The molecule has 0 amide bonds. The fourth-order valence-electron chi connectivity index (χ4n) is 0.878. The summed E-state index contributed by atoms with van der Waals surface area (Å²) in [6, 6.07) is 0. The minimum atomic E-state index is 0.644. The summed E-state index contributed by atoms with van der Waals surface area (Å²) in [7, 11) is 0. The van der Waals surface area contributed by atoms with Gasteiger partial charge >= 0.3 is 0 Å². The molecule has 3 aliphatic rings. The zero-order chi connectivity index (χ0) is 7.26. The van der Waals surface area contributed by atoms with E-state index in [4.69, 9.17) is 0 Å². The van der Waals surface area contributed by atoms with Crippen LogP contribution in [0.2, 0.25) is 0 Å². The van der Waals surface area contributed by atoms with Crippen molar-refractivity contribution in [3.63, 3.8) is 0 Å². The van der Waals surface area contributed by atoms with E-state index in [2.05, 4.69) is 30.7 Å². The average molecular weight is 146 g/mol. The zero-order valence-electron chi connectivity index (χ0n) is 5.39. The highest BCUT2D eigenvalue weighted by Gasteiger charge is 2.28. The Morgan fingerprint density at radius 3 is 1.91 bits per heavy atom. The lowest BCUT2D eigenvalue weighted by Gasteiger charge is -2.13. The molecule has 0 fully saturated rings. The van der Waals surface area contributed by atoms with Gasteiger partial charge in [0.15, 0.2) is 5.70 Å². The van der Waals surface area contributed by atoms with Crippen LogP contribution in [0.4, 0.5) is 0 Å². The number of azo groups is 2. The summed E-state index contributed by atoms with van der Waals surface area (Å²) in [5, 5.41) is 22.4. The molecule has 6 nitrogen and oxygen atoms in total. The average Bonchev–Trinajstić information content (AvgIpc) is 2.58. The van der Waals surface area contributed by atoms with Crippen LogP contribution >= 0.6 is 0 Å². The minimum Gasteiger partial charge on any atom is -0.182 e. The topological polar surface area (TPSA) is 74.2 Å². The lowest BCUT2D eigenvalue weighted by atomic mass is 10.2. The summed E-state index contributed by atoms with van der Waals surface area (Å²) in [6.45, 7) is 0.644. The van der Waals surface area contributed by atoms with Crippen LogP contribution in [0.5, 0.6) is 0 Å². The van der Waals surface area contributed by atoms with Crippen LogP contribution in [-0.4, -0.2) is 6.54 Å². The second-order valence-corrected chi connectivity index (χ2v) is 2.27. The molecule has 0 unspecified atom stereocenters. The van der Waals surface area contributed by atoms with E-state index in [0.29, 0.717) is 12.4 Å². The van der Waals surface area contributed by atoms with Crippen molar-refractivity contribution in [1.82, 2.24) is 0 Å². The van der Waals surface area contributed by atoms with E-state index < -0.39 is 0 Å². The summed E-state index contributed by atoms with van der Waals surface area (Å²) in [4.78, 5) is 0. The van der Waals surface area contributed by atoms with Gasteiger partial charge in [-0.2, -0.15) is 10.2 Å². The molecule has 0 spiro atoms. The van der Waals surface area contributed by atoms with Gasteiger partial charge in [-0.15, -0.1) is 20.5 Å². The highest BCUT2D eigenvalue weighted by atomic mass is 15.4. The molecule has 0 bridgehead atoms. The molecule has 3 aliphatic heterocycles. The Morgan fingerprint density at radius 1 is 0.818 bits per heavy atom. The molecule has 0 aromatic rings. The molecule has 0 aromatic heterocycles. The van der Waals surface area contributed by atoms with Crippen molar-refractivity contribution in [2.24, 2.45) is 30.7 Å². The van der Waals surface area contributed by atoms with Crippen LogP contribution in [0, 0.1) is 0 Å². The van der Waals surface area contributed by atoms with Gasteiger partial charge in [-0.3, -0.25) is 0 Å². The maximum atomic E-state index is 3.81. The van der Waals surface area contributed by atoms with E-state index >= 15 is 0 Å². The SMILES string of the molecule is C1N=N/C1=C1/N=NC1=C1N=N1. The largest absolute Gasteiger partial charge is 0.226 e. The van der Waals surface area contributed by atoms with Gasteiger partial charge in [0.1, 0.15) is 17.9 Å². The molecule has 3 heterocycles. The molecule has 0 saturated carbocycles. The molecule has 3 rings (SSSR count). The molecule has 0 atom stereocenters. The van der Waals surface area contributed by atoms with E-state index in [1.54, 1.807) is 0 Å². The number of rotatable bonds is 0. The van der Waals surface area contributed by atoms with Gasteiger partial charge in [-0.1, -0.05) is 0 Å². The summed E-state index contributed by atoms with van der Waals surface area (Å²) < 4.78 is 0. The maximum Gasteiger partial charge on any atom is 0.226 e. The van der Waals surface area contributed by atoms with Gasteiger partial charge in [0.25, 0.3) is 0 Å². The van der Waals surface area contributed by atoms with E-state index in [1.165, 1.54) is 0 Å². The first-order valence-corrected chi connectivity index (χ1v) is 3.14. The molecule has 11 heavy (non-hydrogen) atoms. The standard InChI is InChI=1S/C5H2N6/c1-2(7-6-1)3-4(9-8-3)5-10-11-5/h1H2/b3-2+. The van der Waals surface area contributed by atoms with E-state index in [1.807, 2.05) is 0 Å². The van der Waals surface area contributed by atoms with Crippen LogP contribution in [0.25, 0.3) is 0 Å². The van der Waals surface area contributed by atoms with Crippen molar-refractivity contribution in [1.29, 1.82) is 0 Å². The van der Waals surface area contributed by atoms with Gasteiger partial charge in [-0.05, 0) is 0 Å². The first-order valence-electron chi connectivity index (χ1n) is 3.14. The Balaban J connectivity index is 2.09. The molecule has 0 saturated heterocycles. The Labute approximate surface area is 61.1 Å². The molecule has 0 radical (unpaired) electrons. The molecule has 0 N–H and O–H groups in total. The summed E-state index contributed by atoms with van der Waals surface area (Å²) >= 11 is 0. The lowest BCUT2D eigenvalue weighted by molar-refractivity contribution is 0.791. The zero-order valence-corrected chi connectivity index (χ0v) is 5.39. The first-order chi connectivity index (χ1) is 5.45. The predicted molar refractivity (Wildman–Crippen MR) is 33.5 cm³/mol. The van der Waals surface area contributed by atoms with Crippen LogP contribution in [-0.2, 0) is 0 Å². The summed E-state index contributed by atoms with van der Waals surface area (Å²) in [5.41, 5.74) is 2.46. The van der Waals surface area contributed by atoms with Crippen molar-refractivity contribution in [3.8, 4) is 0 Å². The Bertz CT molecular complexity index is 374. The van der Waals surface area contributed by atoms with Crippen molar-refractivity contribution in [2.75, 3.05) is 6.54 Å². The number of hydrogen-bond donors (Lipinski definition) is 0. The molecule has 0 aromatic carbocycles. The first kappa shape index (κ1) is 5.00. The van der Waals surface area contributed by atoms with Gasteiger partial charge in [-0.25, -0.2) is 0 Å². The fourth-order valence-corrected chi connectivity index (χ4v) is 0.878. The quantitative estimate of drug-likeness (QED) is 0.499. The van der Waals surface area contributed by atoms with Crippen molar-refractivity contribution in [3.05, 3.63) is 22.9 Å². The van der Waals surface area contributed by atoms with Crippen LogP contribution in [0.3, 0.4) is 0 Å². The Morgan fingerprint density at radius 2 is 1.55 bits per heavy atom. The van der Waals surface area contributed by atoms with E-state index in [-0.39, 0.29) is 0 Å². The lowest BCUT2D eigenvalue weighted by Crippen LogP contribution is -2.04. The van der Waals surface area contributed by atoms with Crippen LogP contribution in [0.1, 0.15) is 0 Å². The van der Waals surface area contributed by atoms with Crippen LogP contribution < -0.4 is 0 Å². The Kier molecular flexibility index (Phi) is 0.668. The van der Waals surface area contributed by atoms with E-state index in [0.717, 1.165) is 17.1 Å². The molecular weight excluding hydrogens is 144 g/mol.